The van der Waals surface area contributed by atoms with E-state index < -0.39 is 36.5 Å². The minimum absolute atomic E-state index is 0.0123. The van der Waals surface area contributed by atoms with Crippen LogP contribution in [0.15, 0.2) is 18.2 Å². The molecule has 4 N–H and O–H groups in total. The van der Waals surface area contributed by atoms with Crippen LogP contribution in [0.2, 0.25) is 0 Å². The number of nitrogens with one attached hydrogen (secondary N) is 1. The number of aliphatic hydroxyl groups is 1. The molecule has 94 valence electrons. The first-order valence-corrected chi connectivity index (χ1v) is 4.68. The number of amides is 1. The molecule has 7 heteroatoms. The number of phenols is 2. The Balaban J connectivity index is 2.61. The van der Waals surface area contributed by atoms with Crippen molar-refractivity contribution in [3.8, 4) is 11.5 Å². The van der Waals surface area contributed by atoms with Gasteiger partial charge in [0.05, 0.1) is 0 Å². The highest BCUT2D eigenvalue weighted by Gasteiger charge is 2.18. The van der Waals surface area contributed by atoms with Crippen LogP contribution in [0.3, 0.4) is 0 Å². The molecule has 1 unspecified atom stereocenters. The molecule has 0 bridgehead atoms. The largest absolute Gasteiger partial charge is 0.504 e. The summed E-state index contributed by atoms with van der Waals surface area (Å²) < 4.78 is 23.8. The molecule has 17 heavy (non-hydrogen) atoms. The van der Waals surface area contributed by atoms with Gasteiger partial charge in [0.2, 0.25) is 0 Å². The molecule has 0 saturated heterocycles. The number of aliphatic hydroxyl groups excluding tert-OH is 1. The molecule has 1 rings (SSSR count). The van der Waals surface area contributed by atoms with E-state index in [9.17, 15) is 13.6 Å². The van der Waals surface area contributed by atoms with Crippen LogP contribution in [0.25, 0.3) is 0 Å². The van der Waals surface area contributed by atoms with Crippen molar-refractivity contribution in [3.05, 3.63) is 23.8 Å². The van der Waals surface area contributed by atoms with Gasteiger partial charge in [0, 0.05) is 12.1 Å². The highest BCUT2D eigenvalue weighted by atomic mass is 19.3. The Kier molecular flexibility index (Phi) is 4.22. The van der Waals surface area contributed by atoms with Gasteiger partial charge in [-0.2, -0.15) is 0 Å². The normalized spacial score (nSPS) is 12.5. The second kappa shape index (κ2) is 5.44. The van der Waals surface area contributed by atoms with Crippen LogP contribution in [-0.4, -0.2) is 40.3 Å². The van der Waals surface area contributed by atoms with Crippen LogP contribution in [0.4, 0.5) is 8.78 Å². The molecule has 0 heterocycles. The Morgan fingerprint density at radius 3 is 2.47 bits per heavy atom. The van der Waals surface area contributed by atoms with Crippen molar-refractivity contribution >= 4 is 5.91 Å². The monoisotopic (exact) mass is 247 g/mol. The van der Waals surface area contributed by atoms with Gasteiger partial charge in [0.1, 0.15) is 6.10 Å². The van der Waals surface area contributed by atoms with E-state index in [1.54, 1.807) is 0 Å². The summed E-state index contributed by atoms with van der Waals surface area (Å²) in [5.74, 6) is -1.62. The minimum Gasteiger partial charge on any atom is -0.504 e. The van der Waals surface area contributed by atoms with Crippen molar-refractivity contribution in [2.45, 2.75) is 12.5 Å². The smallest absolute Gasteiger partial charge is 0.265 e. The van der Waals surface area contributed by atoms with E-state index in [0.717, 1.165) is 12.1 Å². The topological polar surface area (TPSA) is 89.8 Å². The van der Waals surface area contributed by atoms with Crippen LogP contribution in [0.1, 0.15) is 10.4 Å². The molecule has 5 nitrogen and oxygen atoms in total. The first-order valence-electron chi connectivity index (χ1n) is 4.68. The van der Waals surface area contributed by atoms with Crippen LogP contribution in [-0.2, 0) is 0 Å². The minimum atomic E-state index is -2.94. The summed E-state index contributed by atoms with van der Waals surface area (Å²) in [7, 11) is 0. The van der Waals surface area contributed by atoms with Gasteiger partial charge in [-0.3, -0.25) is 4.79 Å². The molecule has 0 saturated carbocycles. The van der Waals surface area contributed by atoms with Gasteiger partial charge in [0.25, 0.3) is 12.3 Å². The Labute approximate surface area is 95.3 Å². The van der Waals surface area contributed by atoms with Gasteiger partial charge in [-0.1, -0.05) is 0 Å². The SMILES string of the molecule is O=C(NCC(O)C(F)F)c1ccc(O)c(O)c1. The predicted octanol–water partition coefficient (Wildman–Crippen LogP) is 0.454. The van der Waals surface area contributed by atoms with Gasteiger partial charge in [-0.15, -0.1) is 0 Å². The third-order valence-electron chi connectivity index (χ3n) is 2.00. The highest BCUT2D eigenvalue weighted by Crippen LogP contribution is 2.24. The molecule has 0 aliphatic rings. The third kappa shape index (κ3) is 3.56. The average Bonchev–Trinajstić information content (AvgIpc) is 2.28. The van der Waals surface area contributed by atoms with E-state index >= 15 is 0 Å². The molecule has 0 spiro atoms. The molecule has 1 amide bonds. The molecular weight excluding hydrogens is 236 g/mol. The Morgan fingerprint density at radius 2 is 1.94 bits per heavy atom. The van der Waals surface area contributed by atoms with Gasteiger partial charge >= 0.3 is 0 Å². The van der Waals surface area contributed by atoms with Crippen molar-refractivity contribution in [1.29, 1.82) is 0 Å². The highest BCUT2D eigenvalue weighted by molar-refractivity contribution is 5.94. The van der Waals surface area contributed by atoms with Crippen molar-refractivity contribution in [1.82, 2.24) is 5.32 Å². The molecular formula is C10H11F2NO4. The lowest BCUT2D eigenvalue weighted by molar-refractivity contribution is -0.00270. The van der Waals surface area contributed by atoms with Crippen molar-refractivity contribution in [3.63, 3.8) is 0 Å². The van der Waals surface area contributed by atoms with Gasteiger partial charge in [0.15, 0.2) is 11.5 Å². The zero-order valence-corrected chi connectivity index (χ0v) is 8.60. The zero-order chi connectivity index (χ0) is 13.0. The zero-order valence-electron chi connectivity index (χ0n) is 8.60. The van der Waals surface area contributed by atoms with Gasteiger partial charge < -0.3 is 20.6 Å². The number of halogens is 2. The van der Waals surface area contributed by atoms with E-state index in [1.165, 1.54) is 6.07 Å². The number of aromatic hydroxyl groups is 2. The number of carbonyl (C=O) groups excluding carboxylic acids is 1. The molecule has 0 radical (unpaired) electrons. The van der Waals surface area contributed by atoms with Crippen molar-refractivity contribution in [2.75, 3.05) is 6.54 Å². The lowest BCUT2D eigenvalue weighted by Gasteiger charge is -2.10. The fourth-order valence-electron chi connectivity index (χ4n) is 1.05. The number of hydrogen-bond donors (Lipinski definition) is 4. The van der Waals surface area contributed by atoms with E-state index in [0.29, 0.717) is 0 Å². The molecule has 0 aromatic heterocycles. The summed E-state index contributed by atoms with van der Waals surface area (Å²) >= 11 is 0. The Hall–Kier alpha value is -1.89. The lowest BCUT2D eigenvalue weighted by Crippen LogP contribution is -2.35. The summed E-state index contributed by atoms with van der Waals surface area (Å²) in [6.07, 6.45) is -4.88. The van der Waals surface area contributed by atoms with Gasteiger partial charge in [-0.05, 0) is 18.2 Å². The quantitative estimate of drug-likeness (QED) is 0.582. The molecule has 1 aromatic rings. The maximum Gasteiger partial charge on any atom is 0.265 e. The van der Waals surface area contributed by atoms with Crippen LogP contribution in [0.5, 0.6) is 11.5 Å². The number of alkyl halides is 2. The fourth-order valence-corrected chi connectivity index (χ4v) is 1.05. The van der Waals surface area contributed by atoms with E-state index in [4.69, 9.17) is 15.3 Å². The maximum absolute atomic E-state index is 11.9. The Morgan fingerprint density at radius 1 is 1.29 bits per heavy atom. The standard InChI is InChI=1S/C10H11F2NO4/c11-9(12)8(16)4-13-10(17)5-1-2-6(14)7(15)3-5/h1-3,8-9,14-16H,4H2,(H,13,17). The lowest BCUT2D eigenvalue weighted by atomic mass is 10.2. The third-order valence-corrected chi connectivity index (χ3v) is 2.00. The molecule has 1 atom stereocenters. The summed E-state index contributed by atoms with van der Waals surface area (Å²) in [6, 6.07) is 3.28. The van der Waals surface area contributed by atoms with E-state index in [2.05, 4.69) is 5.32 Å². The van der Waals surface area contributed by atoms with Crippen molar-refractivity contribution < 1.29 is 28.9 Å². The van der Waals surface area contributed by atoms with Crippen LogP contribution >= 0.6 is 0 Å². The molecule has 0 fully saturated rings. The average molecular weight is 247 g/mol. The first-order chi connectivity index (χ1) is 7.91. The maximum atomic E-state index is 11.9. The van der Waals surface area contributed by atoms with Crippen LogP contribution < -0.4 is 5.32 Å². The van der Waals surface area contributed by atoms with Crippen molar-refractivity contribution in [2.24, 2.45) is 0 Å². The van der Waals surface area contributed by atoms with Crippen LogP contribution in [0, 0.1) is 0 Å². The second-order valence-corrected chi connectivity index (χ2v) is 3.32. The first kappa shape index (κ1) is 13.2. The number of carbonyl (C=O) groups is 1. The second-order valence-electron chi connectivity index (χ2n) is 3.32. The molecule has 0 aliphatic heterocycles. The molecule has 0 aliphatic carbocycles. The number of benzene rings is 1. The summed E-state index contributed by atoms with van der Waals surface area (Å²) in [5.41, 5.74) is -0.0123. The summed E-state index contributed by atoms with van der Waals surface area (Å²) in [4.78, 5) is 11.4. The molecule has 1 aromatic carbocycles. The van der Waals surface area contributed by atoms with E-state index in [1.807, 2.05) is 0 Å². The number of phenolic OH excluding ortho intramolecular Hbond substituents is 2. The number of hydrogen-bond acceptors (Lipinski definition) is 4. The van der Waals surface area contributed by atoms with E-state index in [-0.39, 0.29) is 5.56 Å². The summed E-state index contributed by atoms with van der Waals surface area (Å²) in [5, 5.41) is 28.9. The number of rotatable bonds is 4. The fraction of sp³-hybridized carbons (Fsp3) is 0.300. The predicted molar refractivity (Wildman–Crippen MR) is 54.1 cm³/mol. The van der Waals surface area contributed by atoms with Gasteiger partial charge in [-0.25, -0.2) is 8.78 Å². The summed E-state index contributed by atoms with van der Waals surface area (Å²) in [6.45, 7) is -0.599. The Bertz CT molecular complexity index is 411.